The normalized spacial score (nSPS) is 14.2. The third-order valence-electron chi connectivity index (χ3n) is 3.51. The highest BCUT2D eigenvalue weighted by Crippen LogP contribution is 2.37. The van der Waals surface area contributed by atoms with E-state index < -0.39 is 5.82 Å². The Morgan fingerprint density at radius 1 is 1.30 bits per heavy atom. The average molecular weight is 315 g/mol. The van der Waals surface area contributed by atoms with Crippen LogP contribution in [-0.4, -0.2) is 16.7 Å². The van der Waals surface area contributed by atoms with E-state index in [4.69, 9.17) is 27.9 Å². The molecule has 0 amide bonds. The van der Waals surface area contributed by atoms with Gasteiger partial charge in [0, 0.05) is 18.5 Å². The second-order valence-electron chi connectivity index (χ2n) is 4.74. The summed E-state index contributed by atoms with van der Waals surface area (Å²) in [5, 5.41) is 0.705. The van der Waals surface area contributed by atoms with Crippen molar-refractivity contribution in [1.29, 1.82) is 0 Å². The summed E-state index contributed by atoms with van der Waals surface area (Å²) in [5.74, 6) is 0.864. The van der Waals surface area contributed by atoms with E-state index in [2.05, 4.69) is 4.98 Å². The molecule has 0 unspecified atom stereocenters. The standard InChI is InChI=1S/C14H13Cl2FN2O/c1-20-11-6-8(10(17)7-9(11)15)13-14(16)19-5-3-2-4-12(19)18-13/h6-7H,2-5H2,1H3. The van der Waals surface area contributed by atoms with E-state index in [1.807, 2.05) is 4.57 Å². The zero-order chi connectivity index (χ0) is 14.3. The third-order valence-corrected chi connectivity index (χ3v) is 4.19. The van der Waals surface area contributed by atoms with Crippen LogP contribution in [0.1, 0.15) is 18.7 Å². The lowest BCUT2D eigenvalue weighted by Crippen LogP contribution is -2.10. The van der Waals surface area contributed by atoms with Crippen LogP contribution < -0.4 is 4.74 Å². The highest BCUT2D eigenvalue weighted by molar-refractivity contribution is 6.33. The first-order valence-corrected chi connectivity index (χ1v) is 7.15. The number of benzene rings is 1. The number of fused-ring (bicyclic) bond motifs is 1. The van der Waals surface area contributed by atoms with E-state index in [1.54, 1.807) is 0 Å². The van der Waals surface area contributed by atoms with Crippen molar-refractivity contribution in [1.82, 2.24) is 9.55 Å². The first-order chi connectivity index (χ1) is 9.61. The van der Waals surface area contributed by atoms with Gasteiger partial charge in [0.05, 0.1) is 12.1 Å². The summed E-state index contributed by atoms with van der Waals surface area (Å²) in [6.45, 7) is 0.827. The maximum Gasteiger partial charge on any atom is 0.138 e. The summed E-state index contributed by atoms with van der Waals surface area (Å²) in [5.41, 5.74) is 0.772. The summed E-state index contributed by atoms with van der Waals surface area (Å²) in [7, 11) is 1.49. The highest BCUT2D eigenvalue weighted by atomic mass is 35.5. The van der Waals surface area contributed by atoms with Crippen LogP contribution in [0.15, 0.2) is 12.1 Å². The fourth-order valence-corrected chi connectivity index (χ4v) is 3.04. The summed E-state index contributed by atoms with van der Waals surface area (Å²) >= 11 is 12.3. The maximum absolute atomic E-state index is 14.1. The maximum atomic E-state index is 14.1. The summed E-state index contributed by atoms with van der Waals surface area (Å²) in [6.07, 6.45) is 3.01. The molecule has 0 aliphatic carbocycles. The summed E-state index contributed by atoms with van der Waals surface area (Å²) in [6, 6.07) is 2.77. The van der Waals surface area contributed by atoms with Crippen molar-refractivity contribution >= 4 is 23.2 Å². The van der Waals surface area contributed by atoms with E-state index in [9.17, 15) is 4.39 Å². The molecule has 2 aromatic rings. The molecule has 6 heteroatoms. The number of hydrogen-bond donors (Lipinski definition) is 0. The van der Waals surface area contributed by atoms with Crippen LogP contribution in [0.2, 0.25) is 10.2 Å². The summed E-state index contributed by atoms with van der Waals surface area (Å²) < 4.78 is 21.2. The second-order valence-corrected chi connectivity index (χ2v) is 5.51. The van der Waals surface area contributed by atoms with Gasteiger partial charge in [0.15, 0.2) is 0 Å². The lowest BCUT2D eigenvalue weighted by molar-refractivity contribution is 0.414. The van der Waals surface area contributed by atoms with Crippen molar-refractivity contribution < 1.29 is 9.13 Å². The van der Waals surface area contributed by atoms with Gasteiger partial charge in [-0.1, -0.05) is 23.2 Å². The van der Waals surface area contributed by atoms with Crippen LogP contribution in [0.5, 0.6) is 5.75 Å². The fraction of sp³-hybridized carbons (Fsp3) is 0.357. The number of methoxy groups -OCH3 is 1. The van der Waals surface area contributed by atoms with Crippen LogP contribution in [0, 0.1) is 5.82 Å². The molecule has 0 atom stereocenters. The molecule has 0 bridgehead atoms. The molecule has 0 saturated heterocycles. The minimum atomic E-state index is -0.451. The van der Waals surface area contributed by atoms with Crippen molar-refractivity contribution in [3.05, 3.63) is 34.0 Å². The number of aromatic nitrogens is 2. The highest BCUT2D eigenvalue weighted by Gasteiger charge is 2.22. The molecule has 20 heavy (non-hydrogen) atoms. The van der Waals surface area contributed by atoms with Gasteiger partial charge in [-0.25, -0.2) is 9.37 Å². The monoisotopic (exact) mass is 314 g/mol. The number of imidazole rings is 1. The largest absolute Gasteiger partial charge is 0.495 e. The van der Waals surface area contributed by atoms with Crippen molar-refractivity contribution in [3.8, 4) is 17.0 Å². The number of aryl methyl sites for hydroxylation is 1. The molecule has 106 valence electrons. The molecule has 3 nitrogen and oxygen atoms in total. The lowest BCUT2D eigenvalue weighted by Gasteiger charge is -2.13. The van der Waals surface area contributed by atoms with Gasteiger partial charge in [0.2, 0.25) is 0 Å². The zero-order valence-electron chi connectivity index (χ0n) is 10.9. The predicted molar refractivity (Wildman–Crippen MR) is 77.1 cm³/mol. The van der Waals surface area contributed by atoms with Gasteiger partial charge in [0.25, 0.3) is 0 Å². The minimum absolute atomic E-state index is 0.230. The second kappa shape index (κ2) is 5.26. The first kappa shape index (κ1) is 13.7. The number of ether oxygens (including phenoxy) is 1. The van der Waals surface area contributed by atoms with Gasteiger partial charge >= 0.3 is 0 Å². The predicted octanol–water partition coefficient (Wildman–Crippen LogP) is 4.34. The molecular weight excluding hydrogens is 302 g/mol. The Labute approximate surface area is 126 Å². The van der Waals surface area contributed by atoms with Crippen molar-refractivity contribution in [3.63, 3.8) is 0 Å². The molecule has 1 aliphatic rings. The first-order valence-electron chi connectivity index (χ1n) is 6.40. The van der Waals surface area contributed by atoms with Crippen LogP contribution in [-0.2, 0) is 13.0 Å². The van der Waals surface area contributed by atoms with E-state index in [0.29, 0.717) is 22.2 Å². The third kappa shape index (κ3) is 2.17. The van der Waals surface area contributed by atoms with E-state index in [1.165, 1.54) is 19.2 Å². The number of hydrogen-bond acceptors (Lipinski definition) is 2. The molecule has 3 rings (SSSR count). The van der Waals surface area contributed by atoms with Crippen molar-refractivity contribution in [2.75, 3.05) is 7.11 Å². The van der Waals surface area contributed by atoms with Gasteiger partial charge in [-0.3, -0.25) is 0 Å². The van der Waals surface area contributed by atoms with Crippen molar-refractivity contribution in [2.24, 2.45) is 0 Å². The number of nitrogens with zero attached hydrogens (tertiary/aromatic N) is 2. The Kier molecular flexibility index (Phi) is 3.61. The Hall–Kier alpha value is -1.26. The Morgan fingerprint density at radius 3 is 2.80 bits per heavy atom. The van der Waals surface area contributed by atoms with Gasteiger partial charge in [-0.15, -0.1) is 0 Å². The topological polar surface area (TPSA) is 27.1 Å². The van der Waals surface area contributed by atoms with Crippen LogP contribution in [0.3, 0.4) is 0 Å². The fourth-order valence-electron chi connectivity index (χ4n) is 2.49. The van der Waals surface area contributed by atoms with E-state index >= 15 is 0 Å². The van der Waals surface area contributed by atoms with Gasteiger partial charge in [-0.05, 0) is 25.0 Å². The van der Waals surface area contributed by atoms with Crippen LogP contribution in [0.25, 0.3) is 11.3 Å². The molecule has 0 radical (unpaired) electrons. The molecule has 1 aromatic heterocycles. The zero-order valence-corrected chi connectivity index (χ0v) is 12.4. The van der Waals surface area contributed by atoms with Gasteiger partial charge in [-0.2, -0.15) is 0 Å². The molecule has 0 N–H and O–H groups in total. The van der Waals surface area contributed by atoms with Gasteiger partial charge in [0.1, 0.15) is 28.2 Å². The van der Waals surface area contributed by atoms with Crippen LogP contribution in [0.4, 0.5) is 4.39 Å². The van der Waals surface area contributed by atoms with Crippen molar-refractivity contribution in [2.45, 2.75) is 25.8 Å². The molecule has 0 fully saturated rings. The quantitative estimate of drug-likeness (QED) is 0.824. The Morgan fingerprint density at radius 2 is 2.10 bits per heavy atom. The average Bonchev–Trinajstić information content (AvgIpc) is 2.77. The Bertz CT molecular complexity index is 670. The molecule has 2 heterocycles. The molecule has 0 spiro atoms. The smallest absolute Gasteiger partial charge is 0.138 e. The summed E-state index contributed by atoms with van der Waals surface area (Å²) in [4.78, 5) is 4.48. The Balaban J connectivity index is 2.16. The molecule has 0 saturated carbocycles. The number of rotatable bonds is 2. The molecular formula is C14H13Cl2FN2O. The van der Waals surface area contributed by atoms with E-state index in [-0.39, 0.29) is 5.02 Å². The van der Waals surface area contributed by atoms with Crippen LogP contribution >= 0.6 is 23.2 Å². The van der Waals surface area contributed by atoms with E-state index in [0.717, 1.165) is 31.6 Å². The number of halogens is 3. The lowest BCUT2D eigenvalue weighted by atomic mass is 10.1. The molecule has 1 aromatic carbocycles. The van der Waals surface area contributed by atoms with Gasteiger partial charge < -0.3 is 9.30 Å². The SMILES string of the molecule is COc1cc(-c2nc3n(c2Cl)CCCC3)c(F)cc1Cl. The molecule has 1 aliphatic heterocycles. The minimum Gasteiger partial charge on any atom is -0.495 e.